The number of hydrogen-bond acceptors (Lipinski definition) is 5. The molecule has 11 heteroatoms. The molecule has 0 spiro atoms. The second-order valence-corrected chi connectivity index (χ2v) is 8.89. The highest BCUT2D eigenvalue weighted by molar-refractivity contribution is 7.99. The van der Waals surface area contributed by atoms with Gasteiger partial charge in [0.15, 0.2) is 10.8 Å². The zero-order chi connectivity index (χ0) is 22.7. The second kappa shape index (κ2) is 9.58. The number of benzene rings is 1. The Morgan fingerprint density at radius 1 is 1.09 bits per heavy atom. The number of amides is 1. The SMILES string of the molecule is O=C(CSc1nnc2c(Cl)cc(C(F)(F)F)cn12)Nc1ccc(N2CCCCCC2)cc1. The molecule has 3 heterocycles. The van der Waals surface area contributed by atoms with Crippen LogP contribution in [0, 0.1) is 0 Å². The standard InChI is InChI=1S/C21H21ClF3N5OS/c22-17-11-14(21(23,24)25)12-30-19(17)27-28-20(30)32-13-18(31)26-15-5-7-16(8-6-15)29-9-3-1-2-4-10-29/h5-8,11-12H,1-4,9-10,13H2,(H,26,31). The highest BCUT2D eigenvalue weighted by Crippen LogP contribution is 2.33. The average molecular weight is 484 g/mol. The monoisotopic (exact) mass is 483 g/mol. The number of hydrogen-bond donors (Lipinski definition) is 1. The minimum absolute atomic E-state index is 0.0392. The molecule has 0 aliphatic carbocycles. The van der Waals surface area contributed by atoms with Gasteiger partial charge in [0.2, 0.25) is 5.91 Å². The largest absolute Gasteiger partial charge is 0.417 e. The normalized spacial score (nSPS) is 15.1. The lowest BCUT2D eigenvalue weighted by atomic mass is 10.2. The number of carbonyl (C=O) groups excluding carboxylic acids is 1. The van der Waals surface area contributed by atoms with Crippen LogP contribution < -0.4 is 10.2 Å². The third-order valence-corrected chi connectivity index (χ3v) is 6.43. The molecule has 170 valence electrons. The molecular weight excluding hydrogens is 463 g/mol. The van der Waals surface area contributed by atoms with E-state index >= 15 is 0 Å². The molecule has 32 heavy (non-hydrogen) atoms. The lowest BCUT2D eigenvalue weighted by Crippen LogP contribution is -2.23. The van der Waals surface area contributed by atoms with Crippen LogP contribution in [0.3, 0.4) is 0 Å². The van der Waals surface area contributed by atoms with E-state index in [1.54, 1.807) is 0 Å². The molecule has 3 aromatic rings. The summed E-state index contributed by atoms with van der Waals surface area (Å²) in [7, 11) is 0. The molecule has 1 aliphatic rings. The fraction of sp³-hybridized carbons (Fsp3) is 0.381. The summed E-state index contributed by atoms with van der Waals surface area (Å²) >= 11 is 6.90. The highest BCUT2D eigenvalue weighted by Gasteiger charge is 2.32. The van der Waals surface area contributed by atoms with Crippen LogP contribution in [0.2, 0.25) is 5.02 Å². The van der Waals surface area contributed by atoms with Crippen LogP contribution >= 0.6 is 23.4 Å². The first-order valence-electron chi connectivity index (χ1n) is 10.2. The molecule has 0 bridgehead atoms. The number of aromatic nitrogens is 3. The fourth-order valence-corrected chi connectivity index (χ4v) is 4.55. The summed E-state index contributed by atoms with van der Waals surface area (Å²) < 4.78 is 40.4. The molecule has 1 aliphatic heterocycles. The van der Waals surface area contributed by atoms with E-state index in [9.17, 15) is 18.0 Å². The van der Waals surface area contributed by atoms with Crippen molar-refractivity contribution in [2.24, 2.45) is 0 Å². The third-order valence-electron chi connectivity index (χ3n) is 5.21. The van der Waals surface area contributed by atoms with Crippen molar-refractivity contribution in [1.82, 2.24) is 14.6 Å². The first-order chi connectivity index (χ1) is 15.3. The van der Waals surface area contributed by atoms with E-state index in [1.807, 2.05) is 24.3 Å². The van der Waals surface area contributed by atoms with E-state index < -0.39 is 11.7 Å². The van der Waals surface area contributed by atoms with Crippen molar-refractivity contribution in [1.29, 1.82) is 0 Å². The van der Waals surface area contributed by atoms with Gasteiger partial charge in [-0.1, -0.05) is 36.2 Å². The van der Waals surface area contributed by atoms with Gasteiger partial charge in [-0.2, -0.15) is 13.2 Å². The van der Waals surface area contributed by atoms with E-state index in [0.717, 1.165) is 47.2 Å². The van der Waals surface area contributed by atoms with Gasteiger partial charge in [0.25, 0.3) is 0 Å². The number of alkyl halides is 3. The van der Waals surface area contributed by atoms with Gasteiger partial charge in [-0.25, -0.2) is 0 Å². The molecule has 1 aromatic carbocycles. The zero-order valence-electron chi connectivity index (χ0n) is 17.0. The van der Waals surface area contributed by atoms with Crippen LogP contribution in [0.25, 0.3) is 5.65 Å². The Bertz CT molecular complexity index is 1100. The zero-order valence-corrected chi connectivity index (χ0v) is 18.6. The number of fused-ring (bicyclic) bond motifs is 1. The summed E-state index contributed by atoms with van der Waals surface area (Å²) in [4.78, 5) is 14.7. The van der Waals surface area contributed by atoms with Gasteiger partial charge in [0.1, 0.15) is 0 Å². The molecule has 0 unspecified atom stereocenters. The molecule has 0 saturated carbocycles. The van der Waals surface area contributed by atoms with Gasteiger partial charge in [-0.15, -0.1) is 10.2 Å². The summed E-state index contributed by atoms with van der Waals surface area (Å²) in [6, 6.07) is 8.48. The summed E-state index contributed by atoms with van der Waals surface area (Å²) in [6.45, 7) is 2.07. The molecule has 1 amide bonds. The number of anilines is 2. The lowest BCUT2D eigenvalue weighted by molar-refractivity contribution is -0.137. The van der Waals surface area contributed by atoms with Gasteiger partial charge in [0, 0.05) is 30.7 Å². The molecule has 1 fully saturated rings. The number of thioether (sulfide) groups is 1. The molecule has 1 saturated heterocycles. The Balaban J connectivity index is 1.39. The maximum atomic E-state index is 13.1. The predicted octanol–water partition coefficient (Wildman–Crippen LogP) is 5.51. The van der Waals surface area contributed by atoms with Gasteiger partial charge >= 0.3 is 6.18 Å². The van der Waals surface area contributed by atoms with Crippen LogP contribution in [0.4, 0.5) is 24.5 Å². The summed E-state index contributed by atoms with van der Waals surface area (Å²) in [5.74, 6) is -0.338. The number of carbonyl (C=O) groups is 1. The van der Waals surface area contributed by atoms with Crippen molar-refractivity contribution in [3.05, 3.63) is 47.1 Å². The smallest absolute Gasteiger partial charge is 0.372 e. The maximum absolute atomic E-state index is 13.1. The summed E-state index contributed by atoms with van der Waals surface area (Å²) in [5.41, 5.74) is 0.978. The van der Waals surface area contributed by atoms with Crippen LogP contribution in [-0.2, 0) is 11.0 Å². The summed E-state index contributed by atoms with van der Waals surface area (Å²) in [6.07, 6.45) is 1.20. The Morgan fingerprint density at radius 2 is 1.78 bits per heavy atom. The number of rotatable bonds is 5. The predicted molar refractivity (Wildman–Crippen MR) is 119 cm³/mol. The number of pyridine rings is 1. The van der Waals surface area contributed by atoms with Crippen LogP contribution in [-0.4, -0.2) is 39.3 Å². The lowest BCUT2D eigenvalue weighted by Gasteiger charge is -2.22. The van der Waals surface area contributed by atoms with Gasteiger partial charge in [-0.05, 0) is 43.2 Å². The highest BCUT2D eigenvalue weighted by atomic mass is 35.5. The first-order valence-corrected chi connectivity index (χ1v) is 11.6. The molecule has 0 radical (unpaired) electrons. The van der Waals surface area contributed by atoms with E-state index in [1.165, 1.54) is 25.7 Å². The average Bonchev–Trinajstić information content (AvgIpc) is 2.97. The Morgan fingerprint density at radius 3 is 2.44 bits per heavy atom. The molecule has 2 aromatic heterocycles. The summed E-state index contributed by atoms with van der Waals surface area (Å²) in [5, 5.41) is 10.5. The molecule has 6 nitrogen and oxygen atoms in total. The third kappa shape index (κ3) is 5.29. The van der Waals surface area contributed by atoms with Crippen molar-refractivity contribution in [3.63, 3.8) is 0 Å². The molecule has 0 atom stereocenters. The maximum Gasteiger partial charge on any atom is 0.417 e. The van der Waals surface area contributed by atoms with E-state index in [4.69, 9.17) is 11.6 Å². The van der Waals surface area contributed by atoms with Crippen molar-refractivity contribution < 1.29 is 18.0 Å². The molecule has 1 N–H and O–H groups in total. The van der Waals surface area contributed by atoms with Crippen LogP contribution in [0.1, 0.15) is 31.2 Å². The topological polar surface area (TPSA) is 62.5 Å². The fourth-order valence-electron chi connectivity index (χ4n) is 3.60. The minimum Gasteiger partial charge on any atom is -0.372 e. The van der Waals surface area contributed by atoms with Crippen molar-refractivity contribution in [3.8, 4) is 0 Å². The van der Waals surface area contributed by atoms with Crippen molar-refractivity contribution in [2.45, 2.75) is 37.0 Å². The van der Waals surface area contributed by atoms with Gasteiger partial charge < -0.3 is 10.2 Å². The number of nitrogens with one attached hydrogen (secondary N) is 1. The second-order valence-electron chi connectivity index (χ2n) is 7.54. The molecule has 4 rings (SSSR count). The quantitative estimate of drug-likeness (QED) is 0.485. The van der Waals surface area contributed by atoms with Crippen LogP contribution in [0.5, 0.6) is 0 Å². The minimum atomic E-state index is -4.55. The van der Waals surface area contributed by atoms with Crippen molar-refractivity contribution >= 4 is 46.3 Å². The Kier molecular flexibility index (Phi) is 6.80. The van der Waals surface area contributed by atoms with Gasteiger partial charge in [-0.3, -0.25) is 9.20 Å². The van der Waals surface area contributed by atoms with E-state index in [2.05, 4.69) is 20.4 Å². The Hall–Kier alpha value is -2.46. The number of nitrogens with zero attached hydrogens (tertiary/aromatic N) is 4. The van der Waals surface area contributed by atoms with E-state index in [0.29, 0.717) is 5.69 Å². The number of halogens is 4. The molecular formula is C21H21ClF3N5OS. The van der Waals surface area contributed by atoms with E-state index in [-0.39, 0.29) is 27.5 Å². The van der Waals surface area contributed by atoms with Gasteiger partial charge in [0.05, 0.1) is 16.3 Å². The Labute approximate surface area is 192 Å². The van der Waals surface area contributed by atoms with Crippen molar-refractivity contribution in [2.75, 3.05) is 29.1 Å². The van der Waals surface area contributed by atoms with Crippen LogP contribution in [0.15, 0.2) is 41.7 Å². The first kappa shape index (κ1) is 22.7.